The molecule has 0 aromatic carbocycles. The van der Waals surface area contributed by atoms with E-state index < -0.39 is 0 Å². The zero-order chi connectivity index (χ0) is 14.4. The molecule has 5 heteroatoms. The van der Waals surface area contributed by atoms with Crippen molar-refractivity contribution in [1.82, 2.24) is 9.97 Å². The molecule has 2 rings (SSSR count). The molecule has 20 heavy (non-hydrogen) atoms. The van der Waals surface area contributed by atoms with E-state index in [-0.39, 0.29) is 12.6 Å². The summed E-state index contributed by atoms with van der Waals surface area (Å²) in [6, 6.07) is 0.198. The normalized spacial score (nSPS) is 19.1. The number of rotatable bonds is 6. The van der Waals surface area contributed by atoms with Crippen molar-refractivity contribution in [2.75, 3.05) is 29.9 Å². The average Bonchev–Trinajstić information content (AvgIpc) is 2.49. The molecule has 0 spiro atoms. The number of aromatic nitrogens is 2. The summed E-state index contributed by atoms with van der Waals surface area (Å²) in [6.07, 6.45) is 7.07. The van der Waals surface area contributed by atoms with Gasteiger partial charge in [0.05, 0.1) is 12.6 Å². The van der Waals surface area contributed by atoms with Crippen LogP contribution < -0.4 is 10.2 Å². The van der Waals surface area contributed by atoms with Crippen LogP contribution >= 0.6 is 0 Å². The van der Waals surface area contributed by atoms with E-state index in [4.69, 9.17) is 0 Å². The van der Waals surface area contributed by atoms with Crippen LogP contribution in [0.4, 0.5) is 11.6 Å². The number of piperidine rings is 1. The first kappa shape index (κ1) is 15.0. The number of nitrogens with one attached hydrogen (secondary N) is 1. The second-order valence-electron chi connectivity index (χ2n) is 5.33. The molecule has 5 nitrogen and oxygen atoms in total. The fraction of sp³-hybridized carbons (Fsp3) is 0.733. The Hall–Kier alpha value is -1.36. The average molecular weight is 278 g/mol. The van der Waals surface area contributed by atoms with Gasteiger partial charge in [0, 0.05) is 18.7 Å². The zero-order valence-corrected chi connectivity index (χ0v) is 12.6. The molecule has 1 atom stereocenters. The number of hydrogen-bond donors (Lipinski definition) is 2. The summed E-state index contributed by atoms with van der Waals surface area (Å²) in [6.45, 7) is 6.29. The van der Waals surface area contributed by atoms with Crippen LogP contribution in [0.1, 0.15) is 45.1 Å². The maximum absolute atomic E-state index is 9.62. The van der Waals surface area contributed by atoms with Crippen LogP contribution in [0.3, 0.4) is 0 Å². The van der Waals surface area contributed by atoms with Gasteiger partial charge in [0.25, 0.3) is 0 Å². The fourth-order valence-corrected chi connectivity index (χ4v) is 2.92. The van der Waals surface area contributed by atoms with Gasteiger partial charge in [0.1, 0.15) is 18.0 Å². The Bertz CT molecular complexity index is 424. The number of anilines is 2. The first-order valence-electron chi connectivity index (χ1n) is 7.77. The van der Waals surface area contributed by atoms with Crippen LogP contribution in [0, 0.1) is 0 Å². The summed E-state index contributed by atoms with van der Waals surface area (Å²) in [4.78, 5) is 11.2. The SMILES string of the molecule is CCCc1c(NCC)ncnc1N1CCCCC1CO. The van der Waals surface area contributed by atoms with Crippen molar-refractivity contribution >= 4 is 11.6 Å². The summed E-state index contributed by atoms with van der Waals surface area (Å²) < 4.78 is 0. The van der Waals surface area contributed by atoms with Crippen molar-refractivity contribution in [3.05, 3.63) is 11.9 Å². The highest BCUT2D eigenvalue weighted by Crippen LogP contribution is 2.29. The molecule has 1 unspecified atom stereocenters. The predicted molar refractivity (Wildman–Crippen MR) is 82.3 cm³/mol. The van der Waals surface area contributed by atoms with Gasteiger partial charge in [0.2, 0.25) is 0 Å². The minimum atomic E-state index is 0.198. The third kappa shape index (κ3) is 3.20. The van der Waals surface area contributed by atoms with Crippen LogP contribution in [-0.4, -0.2) is 40.8 Å². The van der Waals surface area contributed by atoms with Crippen molar-refractivity contribution in [1.29, 1.82) is 0 Å². The van der Waals surface area contributed by atoms with Crippen LogP contribution in [0.2, 0.25) is 0 Å². The van der Waals surface area contributed by atoms with Crippen molar-refractivity contribution in [2.45, 2.75) is 52.0 Å². The van der Waals surface area contributed by atoms with Crippen LogP contribution in [-0.2, 0) is 6.42 Å². The Balaban J connectivity index is 2.35. The second-order valence-corrected chi connectivity index (χ2v) is 5.33. The lowest BCUT2D eigenvalue weighted by atomic mass is 10.0. The highest BCUT2D eigenvalue weighted by molar-refractivity contribution is 5.59. The lowest BCUT2D eigenvalue weighted by Crippen LogP contribution is -2.43. The maximum atomic E-state index is 9.62. The molecule has 1 aromatic heterocycles. The molecule has 0 bridgehead atoms. The van der Waals surface area contributed by atoms with E-state index in [1.165, 1.54) is 18.4 Å². The summed E-state index contributed by atoms with van der Waals surface area (Å²) in [5.41, 5.74) is 1.19. The number of hydrogen-bond acceptors (Lipinski definition) is 5. The monoisotopic (exact) mass is 278 g/mol. The number of aliphatic hydroxyl groups is 1. The van der Waals surface area contributed by atoms with Gasteiger partial charge in [-0.25, -0.2) is 9.97 Å². The molecule has 2 heterocycles. The molecule has 0 aliphatic carbocycles. The molecule has 2 N–H and O–H groups in total. The molecule has 112 valence electrons. The first-order valence-corrected chi connectivity index (χ1v) is 7.77. The minimum Gasteiger partial charge on any atom is -0.394 e. The second kappa shape index (κ2) is 7.43. The van der Waals surface area contributed by atoms with E-state index >= 15 is 0 Å². The van der Waals surface area contributed by atoms with Gasteiger partial charge >= 0.3 is 0 Å². The number of aliphatic hydroxyl groups excluding tert-OH is 1. The van der Waals surface area contributed by atoms with E-state index in [0.29, 0.717) is 0 Å². The van der Waals surface area contributed by atoms with Crippen molar-refractivity contribution in [3.8, 4) is 0 Å². The molecule has 1 aromatic rings. The minimum absolute atomic E-state index is 0.198. The maximum Gasteiger partial charge on any atom is 0.137 e. The number of nitrogens with zero attached hydrogens (tertiary/aromatic N) is 3. The van der Waals surface area contributed by atoms with E-state index in [9.17, 15) is 5.11 Å². The van der Waals surface area contributed by atoms with Crippen LogP contribution in [0.25, 0.3) is 0 Å². The Morgan fingerprint density at radius 3 is 2.90 bits per heavy atom. The first-order chi connectivity index (χ1) is 9.81. The molecule has 1 fully saturated rings. The standard InChI is InChI=1S/C15H26N4O/c1-3-7-13-14(16-4-2)17-11-18-15(13)19-9-6-5-8-12(19)10-20/h11-12,20H,3-10H2,1-2H3,(H,16,17,18). The topological polar surface area (TPSA) is 61.3 Å². The molecule has 0 amide bonds. The highest BCUT2D eigenvalue weighted by atomic mass is 16.3. The fourth-order valence-electron chi connectivity index (χ4n) is 2.92. The molecule has 1 saturated heterocycles. The Morgan fingerprint density at radius 2 is 2.20 bits per heavy atom. The van der Waals surface area contributed by atoms with E-state index in [2.05, 4.69) is 34.0 Å². The summed E-state index contributed by atoms with van der Waals surface area (Å²) in [5, 5.41) is 12.9. The summed E-state index contributed by atoms with van der Waals surface area (Å²) in [7, 11) is 0. The van der Waals surface area contributed by atoms with E-state index in [1.807, 2.05) is 0 Å². The molecule has 0 radical (unpaired) electrons. The zero-order valence-electron chi connectivity index (χ0n) is 12.6. The largest absolute Gasteiger partial charge is 0.394 e. The third-order valence-corrected chi connectivity index (χ3v) is 3.88. The van der Waals surface area contributed by atoms with Gasteiger partial charge in [-0.15, -0.1) is 0 Å². The highest BCUT2D eigenvalue weighted by Gasteiger charge is 2.25. The molecule has 1 aliphatic rings. The van der Waals surface area contributed by atoms with E-state index in [0.717, 1.165) is 44.0 Å². The molecular formula is C15H26N4O. The lowest BCUT2D eigenvalue weighted by molar-refractivity contribution is 0.239. The Morgan fingerprint density at radius 1 is 1.35 bits per heavy atom. The quantitative estimate of drug-likeness (QED) is 0.835. The van der Waals surface area contributed by atoms with Gasteiger partial charge in [0.15, 0.2) is 0 Å². The summed E-state index contributed by atoms with van der Waals surface area (Å²) in [5.74, 6) is 1.96. The van der Waals surface area contributed by atoms with Gasteiger partial charge in [-0.1, -0.05) is 13.3 Å². The smallest absolute Gasteiger partial charge is 0.137 e. The van der Waals surface area contributed by atoms with Crippen molar-refractivity contribution in [3.63, 3.8) is 0 Å². The predicted octanol–water partition coefficient (Wildman–Crippen LogP) is 2.21. The summed E-state index contributed by atoms with van der Waals surface area (Å²) >= 11 is 0. The van der Waals surface area contributed by atoms with E-state index in [1.54, 1.807) is 6.33 Å². The lowest BCUT2D eigenvalue weighted by Gasteiger charge is -2.36. The Kier molecular flexibility index (Phi) is 5.59. The van der Waals surface area contributed by atoms with Crippen LogP contribution in [0.15, 0.2) is 6.33 Å². The molecule has 0 saturated carbocycles. The van der Waals surface area contributed by atoms with Gasteiger partial charge in [-0.05, 0) is 32.6 Å². The van der Waals surface area contributed by atoms with Gasteiger partial charge in [-0.3, -0.25) is 0 Å². The van der Waals surface area contributed by atoms with Gasteiger partial charge < -0.3 is 15.3 Å². The third-order valence-electron chi connectivity index (χ3n) is 3.88. The molecule has 1 aliphatic heterocycles. The molecular weight excluding hydrogens is 252 g/mol. The Labute approximate surface area is 121 Å². The van der Waals surface area contributed by atoms with Gasteiger partial charge in [-0.2, -0.15) is 0 Å². The van der Waals surface area contributed by atoms with Crippen molar-refractivity contribution in [2.24, 2.45) is 0 Å². The van der Waals surface area contributed by atoms with Crippen molar-refractivity contribution < 1.29 is 5.11 Å². The van der Waals surface area contributed by atoms with Crippen LogP contribution in [0.5, 0.6) is 0 Å².